The fraction of sp³-hybridized carbons (Fsp3) is 0.333. The minimum Gasteiger partial charge on any atom is -0.336 e. The number of pyridine rings is 1. The Kier molecular flexibility index (Phi) is 4.86. The Morgan fingerprint density at radius 3 is 2.77 bits per heavy atom. The molecule has 5 heteroatoms. The maximum absolute atomic E-state index is 12.6. The van der Waals surface area contributed by atoms with E-state index in [0.29, 0.717) is 11.7 Å². The molecule has 0 bridgehead atoms. The third-order valence-corrected chi connectivity index (χ3v) is 5.15. The summed E-state index contributed by atoms with van der Waals surface area (Å²) in [7, 11) is 0. The zero-order valence-electron chi connectivity index (χ0n) is 14.7. The van der Waals surface area contributed by atoms with E-state index in [9.17, 15) is 4.79 Å². The summed E-state index contributed by atoms with van der Waals surface area (Å²) in [6, 6.07) is 10.1. The molecular weight excluding hydrogens is 324 g/mol. The maximum atomic E-state index is 12.6. The van der Waals surface area contributed by atoms with E-state index in [1.807, 2.05) is 17.3 Å². The molecule has 1 unspecified atom stereocenters. The van der Waals surface area contributed by atoms with Gasteiger partial charge in [-0.15, -0.1) is 0 Å². The lowest BCUT2D eigenvalue weighted by Crippen LogP contribution is -2.33. The number of fused-ring (bicyclic) bond motifs is 1. The summed E-state index contributed by atoms with van der Waals surface area (Å²) < 4.78 is 0. The number of hydrogen-bond donors (Lipinski definition) is 0. The SMILES string of the molecule is O=C(c1ncccn1)N1CCCC(Cc2cncc3ccccc23)CC1. The highest BCUT2D eigenvalue weighted by atomic mass is 16.2. The van der Waals surface area contributed by atoms with Crippen LogP contribution in [0.3, 0.4) is 0 Å². The van der Waals surface area contributed by atoms with Gasteiger partial charge in [-0.05, 0) is 48.6 Å². The van der Waals surface area contributed by atoms with Crippen LogP contribution in [0.2, 0.25) is 0 Å². The van der Waals surface area contributed by atoms with Crippen LogP contribution >= 0.6 is 0 Å². The minimum absolute atomic E-state index is 0.0573. The third kappa shape index (κ3) is 3.57. The topological polar surface area (TPSA) is 59.0 Å². The number of likely N-dealkylation sites (tertiary alicyclic amines) is 1. The Labute approximate surface area is 153 Å². The van der Waals surface area contributed by atoms with Gasteiger partial charge in [-0.1, -0.05) is 24.3 Å². The highest BCUT2D eigenvalue weighted by Gasteiger charge is 2.23. The molecule has 0 radical (unpaired) electrons. The average Bonchev–Trinajstić information content (AvgIpc) is 2.94. The summed E-state index contributed by atoms with van der Waals surface area (Å²) in [4.78, 5) is 27.1. The summed E-state index contributed by atoms with van der Waals surface area (Å²) in [5.41, 5.74) is 1.30. The number of carbonyl (C=O) groups is 1. The zero-order valence-corrected chi connectivity index (χ0v) is 14.7. The molecular formula is C21H22N4O. The highest BCUT2D eigenvalue weighted by Crippen LogP contribution is 2.26. The van der Waals surface area contributed by atoms with E-state index >= 15 is 0 Å². The average molecular weight is 346 g/mol. The molecule has 132 valence electrons. The summed E-state index contributed by atoms with van der Waals surface area (Å²) in [5.74, 6) is 0.805. The Morgan fingerprint density at radius 1 is 1.04 bits per heavy atom. The minimum atomic E-state index is -0.0573. The fourth-order valence-electron chi connectivity index (χ4n) is 3.78. The smallest absolute Gasteiger partial charge is 0.291 e. The van der Waals surface area contributed by atoms with Crippen LogP contribution < -0.4 is 0 Å². The molecule has 1 atom stereocenters. The van der Waals surface area contributed by atoms with Gasteiger partial charge < -0.3 is 4.90 Å². The third-order valence-electron chi connectivity index (χ3n) is 5.15. The second-order valence-corrected chi connectivity index (χ2v) is 6.89. The lowest BCUT2D eigenvalue weighted by atomic mass is 9.91. The van der Waals surface area contributed by atoms with Crippen LogP contribution in [-0.4, -0.2) is 38.8 Å². The van der Waals surface area contributed by atoms with Gasteiger partial charge in [0.05, 0.1) is 0 Å². The molecule has 1 saturated heterocycles. The number of nitrogens with zero attached hydrogens (tertiary/aromatic N) is 4. The van der Waals surface area contributed by atoms with E-state index in [2.05, 4.69) is 39.2 Å². The molecule has 1 aromatic carbocycles. The lowest BCUT2D eigenvalue weighted by molar-refractivity contribution is 0.0747. The van der Waals surface area contributed by atoms with E-state index < -0.39 is 0 Å². The van der Waals surface area contributed by atoms with Gasteiger partial charge in [0.15, 0.2) is 0 Å². The van der Waals surface area contributed by atoms with Crippen LogP contribution in [0.25, 0.3) is 10.8 Å². The number of rotatable bonds is 3. The predicted octanol–water partition coefficient (Wildman–Crippen LogP) is 3.51. The molecule has 1 aliphatic heterocycles. The van der Waals surface area contributed by atoms with E-state index in [1.54, 1.807) is 18.5 Å². The normalized spacial score (nSPS) is 17.8. The van der Waals surface area contributed by atoms with Gasteiger partial charge in [0.25, 0.3) is 5.91 Å². The van der Waals surface area contributed by atoms with Gasteiger partial charge in [0.2, 0.25) is 5.82 Å². The first-order valence-electron chi connectivity index (χ1n) is 9.19. The van der Waals surface area contributed by atoms with Gasteiger partial charge in [-0.25, -0.2) is 9.97 Å². The second kappa shape index (κ2) is 7.60. The molecule has 5 nitrogen and oxygen atoms in total. The quantitative estimate of drug-likeness (QED) is 0.728. The first kappa shape index (κ1) is 16.6. The molecule has 0 N–H and O–H groups in total. The van der Waals surface area contributed by atoms with Crippen molar-refractivity contribution in [2.45, 2.75) is 25.7 Å². The molecule has 1 amide bonds. The molecule has 2 aromatic heterocycles. The van der Waals surface area contributed by atoms with Gasteiger partial charge in [0.1, 0.15) is 0 Å². The first-order valence-corrected chi connectivity index (χ1v) is 9.19. The monoisotopic (exact) mass is 346 g/mol. The number of carbonyl (C=O) groups excluding carboxylic acids is 1. The maximum Gasteiger partial charge on any atom is 0.291 e. The summed E-state index contributed by atoms with van der Waals surface area (Å²) in [6.07, 6.45) is 11.3. The molecule has 3 heterocycles. The van der Waals surface area contributed by atoms with Crippen molar-refractivity contribution in [1.82, 2.24) is 19.9 Å². The van der Waals surface area contributed by atoms with Crippen molar-refractivity contribution in [3.8, 4) is 0 Å². The largest absolute Gasteiger partial charge is 0.336 e. The molecule has 1 aliphatic rings. The Balaban J connectivity index is 1.45. The van der Waals surface area contributed by atoms with Crippen molar-refractivity contribution >= 4 is 16.7 Å². The molecule has 26 heavy (non-hydrogen) atoms. The standard InChI is InChI=1S/C21H22N4O/c26-21(20-23-9-4-10-24-20)25-11-3-5-16(8-12-25)13-18-15-22-14-17-6-1-2-7-19(17)18/h1-2,4,6-7,9-10,14-16H,3,5,8,11-13H2. The summed E-state index contributed by atoms with van der Waals surface area (Å²) in [5, 5.41) is 2.48. The molecule has 4 rings (SSSR count). The van der Waals surface area contributed by atoms with Crippen molar-refractivity contribution in [3.05, 3.63) is 66.5 Å². The number of aromatic nitrogens is 3. The van der Waals surface area contributed by atoms with E-state index in [4.69, 9.17) is 0 Å². The Morgan fingerprint density at radius 2 is 1.88 bits per heavy atom. The predicted molar refractivity (Wildman–Crippen MR) is 101 cm³/mol. The van der Waals surface area contributed by atoms with Crippen molar-refractivity contribution in [2.75, 3.05) is 13.1 Å². The van der Waals surface area contributed by atoms with E-state index in [0.717, 1.165) is 38.8 Å². The van der Waals surface area contributed by atoms with Crippen molar-refractivity contribution < 1.29 is 4.79 Å². The second-order valence-electron chi connectivity index (χ2n) is 6.89. The molecule has 0 saturated carbocycles. The Hall–Kier alpha value is -2.82. The number of benzene rings is 1. The fourth-order valence-corrected chi connectivity index (χ4v) is 3.78. The van der Waals surface area contributed by atoms with E-state index in [1.165, 1.54) is 16.3 Å². The number of amides is 1. The molecule has 0 aliphatic carbocycles. The van der Waals surface area contributed by atoms with Crippen LogP contribution in [0.1, 0.15) is 35.4 Å². The zero-order chi connectivity index (χ0) is 17.8. The lowest BCUT2D eigenvalue weighted by Gasteiger charge is -2.19. The van der Waals surface area contributed by atoms with Crippen LogP contribution in [0, 0.1) is 5.92 Å². The highest BCUT2D eigenvalue weighted by molar-refractivity contribution is 5.90. The van der Waals surface area contributed by atoms with Crippen molar-refractivity contribution in [1.29, 1.82) is 0 Å². The molecule has 0 spiro atoms. The first-order chi connectivity index (χ1) is 12.8. The van der Waals surface area contributed by atoms with Gasteiger partial charge in [-0.3, -0.25) is 9.78 Å². The van der Waals surface area contributed by atoms with Crippen LogP contribution in [0.4, 0.5) is 0 Å². The van der Waals surface area contributed by atoms with Gasteiger partial charge in [0, 0.05) is 43.3 Å². The summed E-state index contributed by atoms with van der Waals surface area (Å²) >= 11 is 0. The van der Waals surface area contributed by atoms with Crippen molar-refractivity contribution in [3.63, 3.8) is 0 Å². The van der Waals surface area contributed by atoms with Crippen molar-refractivity contribution in [2.24, 2.45) is 5.92 Å². The van der Waals surface area contributed by atoms with Gasteiger partial charge >= 0.3 is 0 Å². The summed E-state index contributed by atoms with van der Waals surface area (Å²) in [6.45, 7) is 1.54. The molecule has 1 fully saturated rings. The van der Waals surface area contributed by atoms with Crippen LogP contribution in [-0.2, 0) is 6.42 Å². The van der Waals surface area contributed by atoms with Crippen LogP contribution in [0.15, 0.2) is 55.1 Å². The number of hydrogen-bond acceptors (Lipinski definition) is 4. The Bertz CT molecular complexity index is 891. The van der Waals surface area contributed by atoms with E-state index in [-0.39, 0.29) is 5.91 Å². The molecule has 3 aromatic rings. The van der Waals surface area contributed by atoms with Crippen LogP contribution in [0.5, 0.6) is 0 Å². The van der Waals surface area contributed by atoms with Gasteiger partial charge in [-0.2, -0.15) is 0 Å².